The second-order valence-corrected chi connectivity index (χ2v) is 10.4. The van der Waals surface area contributed by atoms with Crippen molar-refractivity contribution in [3.05, 3.63) is 12.2 Å². The topological polar surface area (TPSA) is 72.3 Å². The lowest BCUT2D eigenvalue weighted by Crippen LogP contribution is -2.47. The first-order valence-corrected chi connectivity index (χ1v) is 13.4. The van der Waals surface area contributed by atoms with Gasteiger partial charge in [-0.15, -0.1) is 0 Å². The Morgan fingerprint density at radius 2 is 1.44 bits per heavy atom. The van der Waals surface area contributed by atoms with Crippen molar-refractivity contribution in [1.82, 2.24) is 0 Å². The molecule has 4 aliphatic rings. The van der Waals surface area contributed by atoms with Gasteiger partial charge < -0.3 is 16.6 Å². The van der Waals surface area contributed by atoms with Crippen LogP contribution < -0.4 is 11.5 Å². The lowest BCUT2D eigenvalue weighted by atomic mass is 9.66. The molecule has 0 amide bonds. The molecule has 0 aromatic heterocycles. The molecule has 1 spiro atoms. The molecule has 9 unspecified atom stereocenters. The fraction of sp³-hybridized carbons (Fsp3) is 0.931. The molecule has 0 aliphatic heterocycles. The number of fused-ring (bicyclic) bond motifs is 3. The van der Waals surface area contributed by atoms with Crippen LogP contribution in [0.5, 0.6) is 0 Å². The van der Waals surface area contributed by atoms with E-state index in [1.54, 1.807) is 0 Å². The van der Waals surface area contributed by atoms with E-state index in [1.165, 1.54) is 44.9 Å². The molecule has 4 rings (SSSR count). The van der Waals surface area contributed by atoms with Gasteiger partial charge in [-0.2, -0.15) is 0 Å². The highest BCUT2D eigenvalue weighted by atomic mass is 16.2. The summed E-state index contributed by atoms with van der Waals surface area (Å²) in [6.07, 6.45) is 14.2. The third-order valence-corrected chi connectivity index (χ3v) is 8.47. The number of rotatable bonds is 1. The number of hydrogen-bond acceptors (Lipinski definition) is 3. The Bertz CT molecular complexity index is 505. The molecule has 2 bridgehead atoms. The summed E-state index contributed by atoms with van der Waals surface area (Å²) >= 11 is 0. The molecule has 3 saturated carbocycles. The van der Waals surface area contributed by atoms with Crippen LogP contribution in [0.4, 0.5) is 0 Å². The van der Waals surface area contributed by atoms with Crippen molar-refractivity contribution in [3.63, 3.8) is 0 Å². The summed E-state index contributed by atoms with van der Waals surface area (Å²) in [6, 6.07) is 0.582. The standard InChI is InChI=1S/C19H32N2.2C3H8.C2H6.CH4O.CH4/c1-4-18(3)10-19-9-12(18)5-7-14(19)13-6-8-15(20)11(2)16(13)17(19)21;2*1-3-2;2*1-2;/h6,8,11-17H,4-5,7,9-10,20-21H2,1-3H3;2*3H2,1-2H3;1-2H3;2H,1H3;1H4. The summed E-state index contributed by atoms with van der Waals surface area (Å²) in [6.45, 7) is 19.8. The second kappa shape index (κ2) is 15.5. The summed E-state index contributed by atoms with van der Waals surface area (Å²) in [5.41, 5.74) is 14.2. The summed E-state index contributed by atoms with van der Waals surface area (Å²) < 4.78 is 0. The monoisotopic (exact) mass is 454 g/mol. The third kappa shape index (κ3) is 6.39. The quantitative estimate of drug-likeness (QED) is 0.361. The highest BCUT2D eigenvalue weighted by molar-refractivity contribution is 5.24. The van der Waals surface area contributed by atoms with Gasteiger partial charge in [0.2, 0.25) is 0 Å². The van der Waals surface area contributed by atoms with Gasteiger partial charge >= 0.3 is 0 Å². The summed E-state index contributed by atoms with van der Waals surface area (Å²) in [4.78, 5) is 0. The van der Waals surface area contributed by atoms with Crippen molar-refractivity contribution in [2.45, 2.75) is 127 Å². The highest BCUT2D eigenvalue weighted by Gasteiger charge is 2.67. The molecule has 0 radical (unpaired) electrons. The maximum absolute atomic E-state index is 7.00. The molecule has 194 valence electrons. The number of aliphatic hydroxyl groups is 1. The maximum atomic E-state index is 7.00. The molecule has 0 aromatic rings. The van der Waals surface area contributed by atoms with E-state index in [0.29, 0.717) is 34.6 Å². The number of allylic oxidation sites excluding steroid dienone is 1. The van der Waals surface area contributed by atoms with Crippen LogP contribution >= 0.6 is 0 Å². The van der Waals surface area contributed by atoms with Gasteiger partial charge in [-0.05, 0) is 66.1 Å². The zero-order chi connectivity index (χ0) is 24.4. The lowest BCUT2D eigenvalue weighted by Gasteiger charge is -2.40. The van der Waals surface area contributed by atoms with Gasteiger partial charge in [-0.25, -0.2) is 0 Å². The molecule has 3 heteroatoms. The Labute approximate surface area is 203 Å². The number of aliphatic hydroxyl groups excluding tert-OH is 1. The van der Waals surface area contributed by atoms with Crippen LogP contribution in [0.1, 0.15) is 115 Å². The molecular formula is C29H62N2O. The average Bonchev–Trinajstić information content (AvgIpc) is 3.16. The van der Waals surface area contributed by atoms with E-state index in [0.717, 1.165) is 18.9 Å². The fourth-order valence-electron chi connectivity index (χ4n) is 7.08. The van der Waals surface area contributed by atoms with Gasteiger partial charge in [0.25, 0.3) is 0 Å². The second-order valence-electron chi connectivity index (χ2n) is 10.4. The van der Waals surface area contributed by atoms with Gasteiger partial charge in [-0.3, -0.25) is 0 Å². The van der Waals surface area contributed by atoms with Crippen molar-refractivity contribution in [3.8, 4) is 0 Å². The van der Waals surface area contributed by atoms with E-state index in [1.807, 2.05) is 13.8 Å². The normalized spacial score (nSPS) is 42.0. The Morgan fingerprint density at radius 1 is 0.938 bits per heavy atom. The molecule has 32 heavy (non-hydrogen) atoms. The predicted molar refractivity (Wildman–Crippen MR) is 146 cm³/mol. The molecule has 9 atom stereocenters. The highest BCUT2D eigenvalue weighted by Crippen LogP contribution is 2.71. The van der Waals surface area contributed by atoms with Gasteiger partial charge in [-0.1, -0.05) is 101 Å². The van der Waals surface area contributed by atoms with Gasteiger partial charge in [0, 0.05) is 19.2 Å². The Balaban J connectivity index is 0. The SMILES string of the molecule is C.CC.CCC.CCC.CCC1(C)CC23CC1CCC2C1C=CC(N)C(C)C1C3N.CO. The largest absolute Gasteiger partial charge is 0.400 e. The number of hydrogen-bond donors (Lipinski definition) is 3. The predicted octanol–water partition coefficient (Wildman–Crippen LogP) is 7.42. The Morgan fingerprint density at radius 3 is 1.91 bits per heavy atom. The van der Waals surface area contributed by atoms with Crippen LogP contribution in [0.25, 0.3) is 0 Å². The molecule has 3 fully saturated rings. The first kappa shape index (κ1) is 33.8. The molecule has 0 aromatic carbocycles. The van der Waals surface area contributed by atoms with E-state index >= 15 is 0 Å². The maximum Gasteiger partial charge on any atom is 0.0319 e. The molecule has 0 heterocycles. The van der Waals surface area contributed by atoms with E-state index < -0.39 is 0 Å². The third-order valence-electron chi connectivity index (χ3n) is 8.47. The van der Waals surface area contributed by atoms with Crippen molar-refractivity contribution < 1.29 is 5.11 Å². The van der Waals surface area contributed by atoms with Crippen LogP contribution in [-0.2, 0) is 0 Å². The zero-order valence-electron chi connectivity index (χ0n) is 22.7. The fourth-order valence-corrected chi connectivity index (χ4v) is 7.08. The molecular weight excluding hydrogens is 392 g/mol. The van der Waals surface area contributed by atoms with E-state index in [9.17, 15) is 0 Å². The zero-order valence-corrected chi connectivity index (χ0v) is 22.7. The Hall–Kier alpha value is -0.380. The minimum Gasteiger partial charge on any atom is -0.400 e. The first-order valence-electron chi connectivity index (χ1n) is 13.4. The van der Waals surface area contributed by atoms with Crippen LogP contribution in [0.15, 0.2) is 12.2 Å². The van der Waals surface area contributed by atoms with Crippen LogP contribution in [0.3, 0.4) is 0 Å². The minimum absolute atomic E-state index is 0. The lowest BCUT2D eigenvalue weighted by molar-refractivity contribution is 0.116. The van der Waals surface area contributed by atoms with E-state index in [2.05, 4.69) is 60.6 Å². The average molecular weight is 455 g/mol. The van der Waals surface area contributed by atoms with Crippen molar-refractivity contribution in [1.29, 1.82) is 0 Å². The smallest absolute Gasteiger partial charge is 0.0319 e. The van der Waals surface area contributed by atoms with E-state index in [4.69, 9.17) is 16.6 Å². The van der Waals surface area contributed by atoms with Crippen molar-refractivity contribution in [2.24, 2.45) is 51.9 Å². The summed E-state index contributed by atoms with van der Waals surface area (Å²) in [5.74, 6) is 3.61. The van der Waals surface area contributed by atoms with Crippen molar-refractivity contribution in [2.75, 3.05) is 7.11 Å². The van der Waals surface area contributed by atoms with Crippen LogP contribution in [0, 0.1) is 40.4 Å². The molecule has 4 aliphatic carbocycles. The summed E-state index contributed by atoms with van der Waals surface area (Å²) in [7, 11) is 1.00. The molecule has 3 nitrogen and oxygen atoms in total. The van der Waals surface area contributed by atoms with Crippen LogP contribution in [0.2, 0.25) is 0 Å². The van der Waals surface area contributed by atoms with Gasteiger partial charge in [0.05, 0.1) is 0 Å². The van der Waals surface area contributed by atoms with Crippen molar-refractivity contribution >= 4 is 0 Å². The molecule has 0 saturated heterocycles. The minimum atomic E-state index is 0. The molecule has 5 N–H and O–H groups in total. The first-order chi connectivity index (χ1) is 14.8. The summed E-state index contributed by atoms with van der Waals surface area (Å²) in [5, 5.41) is 7.00. The van der Waals surface area contributed by atoms with E-state index in [-0.39, 0.29) is 13.5 Å². The van der Waals surface area contributed by atoms with Gasteiger partial charge in [0.15, 0.2) is 0 Å². The number of nitrogens with two attached hydrogens (primary N) is 2. The Kier molecular flexibility index (Phi) is 16.4. The van der Waals surface area contributed by atoms with Gasteiger partial charge in [0.1, 0.15) is 0 Å². The van der Waals surface area contributed by atoms with Crippen LogP contribution in [-0.4, -0.2) is 24.3 Å².